The molecule has 0 saturated carbocycles. The predicted molar refractivity (Wildman–Crippen MR) is 62.7 cm³/mol. The lowest BCUT2D eigenvalue weighted by atomic mass is 10.1. The Morgan fingerprint density at radius 3 is 2.53 bits per heavy atom. The van der Waals surface area contributed by atoms with Crippen LogP contribution in [0.15, 0.2) is 30.3 Å². The molecule has 0 bridgehead atoms. The molecule has 0 amide bonds. The van der Waals surface area contributed by atoms with Gasteiger partial charge in [0.15, 0.2) is 0 Å². The minimum absolute atomic E-state index is 0.0791. The SMILES string of the molecule is C[C@H]([C@H](Cl)c1ccccc1)N(C)CC#N. The zero-order valence-corrected chi connectivity index (χ0v) is 9.78. The number of rotatable bonds is 4. The third kappa shape index (κ3) is 3.23. The second-order valence-electron chi connectivity index (χ2n) is 3.63. The van der Waals surface area contributed by atoms with Crippen LogP contribution in [0.2, 0.25) is 0 Å². The second kappa shape index (κ2) is 5.75. The van der Waals surface area contributed by atoms with E-state index in [0.29, 0.717) is 6.54 Å². The van der Waals surface area contributed by atoms with Crippen molar-refractivity contribution in [1.82, 2.24) is 4.90 Å². The second-order valence-corrected chi connectivity index (χ2v) is 4.10. The van der Waals surface area contributed by atoms with E-state index < -0.39 is 0 Å². The van der Waals surface area contributed by atoms with E-state index in [0.717, 1.165) is 5.56 Å². The van der Waals surface area contributed by atoms with Crippen molar-refractivity contribution in [2.24, 2.45) is 0 Å². The highest BCUT2D eigenvalue weighted by Gasteiger charge is 2.19. The third-order valence-corrected chi connectivity index (χ3v) is 3.17. The number of nitriles is 1. The number of halogens is 1. The first-order valence-corrected chi connectivity index (χ1v) is 5.36. The van der Waals surface area contributed by atoms with Gasteiger partial charge in [0.05, 0.1) is 18.0 Å². The summed E-state index contributed by atoms with van der Waals surface area (Å²) in [5, 5.41) is 8.52. The minimum Gasteiger partial charge on any atom is -0.289 e. The first-order chi connectivity index (χ1) is 7.16. The Hall–Kier alpha value is -1.04. The van der Waals surface area contributed by atoms with Gasteiger partial charge in [-0.1, -0.05) is 30.3 Å². The lowest BCUT2D eigenvalue weighted by Gasteiger charge is -2.26. The molecule has 0 radical (unpaired) electrons. The summed E-state index contributed by atoms with van der Waals surface area (Å²) in [7, 11) is 1.91. The van der Waals surface area contributed by atoms with Gasteiger partial charge >= 0.3 is 0 Å². The molecule has 1 aromatic carbocycles. The van der Waals surface area contributed by atoms with Crippen molar-refractivity contribution in [3.63, 3.8) is 0 Å². The van der Waals surface area contributed by atoms with Gasteiger partial charge < -0.3 is 0 Å². The van der Waals surface area contributed by atoms with Crippen LogP contribution in [0.4, 0.5) is 0 Å². The molecule has 0 heterocycles. The van der Waals surface area contributed by atoms with Crippen molar-refractivity contribution in [1.29, 1.82) is 5.26 Å². The van der Waals surface area contributed by atoms with Crippen molar-refractivity contribution in [2.75, 3.05) is 13.6 Å². The Bertz CT molecular complexity index is 331. The molecule has 0 aliphatic rings. The largest absolute Gasteiger partial charge is 0.289 e. The highest BCUT2D eigenvalue weighted by molar-refractivity contribution is 6.21. The monoisotopic (exact) mass is 222 g/mol. The summed E-state index contributed by atoms with van der Waals surface area (Å²) in [4.78, 5) is 1.95. The summed E-state index contributed by atoms with van der Waals surface area (Å²) in [5.74, 6) is 0. The van der Waals surface area contributed by atoms with Gasteiger partial charge in [-0.05, 0) is 19.5 Å². The van der Waals surface area contributed by atoms with Gasteiger partial charge in [-0.15, -0.1) is 11.6 Å². The summed E-state index contributed by atoms with van der Waals surface area (Å²) in [6, 6.07) is 12.2. The fraction of sp³-hybridized carbons (Fsp3) is 0.417. The van der Waals surface area contributed by atoms with Crippen LogP contribution in [0.1, 0.15) is 17.9 Å². The van der Waals surface area contributed by atoms with E-state index in [1.54, 1.807) is 0 Å². The normalized spacial score (nSPS) is 14.6. The van der Waals surface area contributed by atoms with Crippen LogP contribution < -0.4 is 0 Å². The maximum Gasteiger partial charge on any atom is 0.0866 e. The molecule has 2 atom stereocenters. The fourth-order valence-electron chi connectivity index (χ4n) is 1.39. The van der Waals surface area contributed by atoms with Crippen molar-refractivity contribution in [3.05, 3.63) is 35.9 Å². The Labute approximate surface area is 96.1 Å². The number of likely N-dealkylation sites (N-methyl/N-ethyl adjacent to an activating group) is 1. The van der Waals surface area contributed by atoms with E-state index in [1.807, 2.05) is 49.2 Å². The Balaban J connectivity index is 2.69. The van der Waals surface area contributed by atoms with Crippen LogP contribution in [-0.4, -0.2) is 24.5 Å². The smallest absolute Gasteiger partial charge is 0.0866 e. The van der Waals surface area contributed by atoms with Gasteiger partial charge in [0.2, 0.25) is 0 Å². The molecule has 2 nitrogen and oxygen atoms in total. The molecule has 1 aromatic rings. The molecule has 0 aliphatic carbocycles. The first-order valence-electron chi connectivity index (χ1n) is 4.93. The summed E-state index contributed by atoms with van der Waals surface area (Å²) in [6.45, 7) is 2.43. The number of benzene rings is 1. The van der Waals surface area contributed by atoms with Gasteiger partial charge in [0, 0.05) is 6.04 Å². The van der Waals surface area contributed by atoms with Gasteiger partial charge in [0.1, 0.15) is 0 Å². The minimum atomic E-state index is -0.0791. The molecule has 80 valence electrons. The van der Waals surface area contributed by atoms with Crippen LogP contribution in [0.3, 0.4) is 0 Å². The topological polar surface area (TPSA) is 27.0 Å². The molecule has 0 saturated heterocycles. The van der Waals surface area contributed by atoms with Crippen molar-refractivity contribution >= 4 is 11.6 Å². The van der Waals surface area contributed by atoms with Crippen LogP contribution in [-0.2, 0) is 0 Å². The van der Waals surface area contributed by atoms with Gasteiger partial charge in [-0.3, -0.25) is 4.90 Å². The van der Waals surface area contributed by atoms with E-state index in [4.69, 9.17) is 16.9 Å². The van der Waals surface area contributed by atoms with Gasteiger partial charge in [0.25, 0.3) is 0 Å². The highest BCUT2D eigenvalue weighted by Crippen LogP contribution is 2.26. The molecular formula is C12H15ClN2. The quantitative estimate of drug-likeness (QED) is 0.579. The zero-order valence-electron chi connectivity index (χ0n) is 9.02. The molecule has 0 fully saturated rings. The Kier molecular flexibility index (Phi) is 4.61. The van der Waals surface area contributed by atoms with E-state index in [1.165, 1.54) is 0 Å². The predicted octanol–water partition coefficient (Wildman–Crippen LogP) is 2.81. The molecular weight excluding hydrogens is 208 g/mol. The van der Waals surface area contributed by atoms with Crippen LogP contribution in [0, 0.1) is 11.3 Å². The molecule has 0 aromatic heterocycles. The lowest BCUT2D eigenvalue weighted by molar-refractivity contribution is 0.280. The average Bonchev–Trinajstić information content (AvgIpc) is 2.28. The number of alkyl halides is 1. The number of hydrogen-bond acceptors (Lipinski definition) is 2. The van der Waals surface area contributed by atoms with E-state index in [2.05, 4.69) is 6.07 Å². The maximum atomic E-state index is 8.60. The first kappa shape index (κ1) is 12.0. The summed E-state index contributed by atoms with van der Waals surface area (Å²) in [5.41, 5.74) is 1.09. The van der Waals surface area contributed by atoms with Crippen LogP contribution >= 0.6 is 11.6 Å². The fourth-order valence-corrected chi connectivity index (χ4v) is 1.73. The van der Waals surface area contributed by atoms with Crippen molar-refractivity contribution < 1.29 is 0 Å². The molecule has 0 aliphatic heterocycles. The molecule has 0 spiro atoms. The van der Waals surface area contributed by atoms with E-state index in [-0.39, 0.29) is 11.4 Å². The highest BCUT2D eigenvalue weighted by atomic mass is 35.5. The molecule has 0 unspecified atom stereocenters. The summed E-state index contributed by atoms with van der Waals surface area (Å²) >= 11 is 6.34. The Morgan fingerprint density at radius 2 is 2.00 bits per heavy atom. The third-order valence-electron chi connectivity index (χ3n) is 2.56. The van der Waals surface area contributed by atoms with Crippen molar-refractivity contribution in [3.8, 4) is 6.07 Å². The van der Waals surface area contributed by atoms with Crippen molar-refractivity contribution in [2.45, 2.75) is 18.3 Å². The molecule has 1 rings (SSSR count). The molecule has 15 heavy (non-hydrogen) atoms. The average molecular weight is 223 g/mol. The van der Waals surface area contributed by atoms with Gasteiger partial charge in [-0.25, -0.2) is 0 Å². The van der Waals surface area contributed by atoms with Gasteiger partial charge in [-0.2, -0.15) is 5.26 Å². The summed E-state index contributed by atoms with van der Waals surface area (Å²) in [6.07, 6.45) is 0. The summed E-state index contributed by atoms with van der Waals surface area (Å²) < 4.78 is 0. The Morgan fingerprint density at radius 1 is 1.40 bits per heavy atom. The van der Waals surface area contributed by atoms with E-state index >= 15 is 0 Å². The standard InChI is InChI=1S/C12H15ClN2/c1-10(15(2)9-8-14)12(13)11-6-4-3-5-7-11/h3-7,10,12H,9H2,1-2H3/t10-,12+/m1/s1. The molecule has 0 N–H and O–H groups in total. The lowest BCUT2D eigenvalue weighted by Crippen LogP contribution is -2.32. The van der Waals surface area contributed by atoms with E-state index in [9.17, 15) is 0 Å². The molecule has 3 heteroatoms. The maximum absolute atomic E-state index is 8.60. The van der Waals surface area contributed by atoms with Crippen LogP contribution in [0.5, 0.6) is 0 Å². The zero-order chi connectivity index (χ0) is 11.3. The number of hydrogen-bond donors (Lipinski definition) is 0. The van der Waals surface area contributed by atoms with Crippen LogP contribution in [0.25, 0.3) is 0 Å². The number of nitrogens with zero attached hydrogens (tertiary/aromatic N) is 2.